The molecule has 1 atom stereocenters. The lowest BCUT2D eigenvalue weighted by Crippen LogP contribution is -2.18. The second-order valence-electron chi connectivity index (χ2n) is 5.41. The van der Waals surface area contributed by atoms with Crippen LogP contribution in [0.4, 0.5) is 0 Å². The van der Waals surface area contributed by atoms with Crippen molar-refractivity contribution < 1.29 is 0 Å². The first-order valence-corrected chi connectivity index (χ1v) is 7.78. The van der Waals surface area contributed by atoms with Gasteiger partial charge in [-0.05, 0) is 63.5 Å². The number of benzene rings is 1. The predicted octanol–water partition coefficient (Wildman–Crippen LogP) is 3.65. The monoisotopic (exact) mass is 335 g/mol. The molecule has 0 saturated carbocycles. The Balaban J connectivity index is 2.33. The Morgan fingerprint density at radius 2 is 2.10 bits per heavy atom. The number of aryl methyl sites for hydroxylation is 1. The fourth-order valence-corrected chi connectivity index (χ4v) is 2.99. The zero-order valence-electron chi connectivity index (χ0n) is 12.6. The summed E-state index contributed by atoms with van der Waals surface area (Å²) in [4.78, 5) is 0. The summed E-state index contributed by atoms with van der Waals surface area (Å²) in [6.45, 7) is 7.55. The SMILES string of the molecule is CNCC(C)Cc1c(C)nn(-c2cccc(Br)c2)c1C. The number of halogens is 1. The first-order valence-electron chi connectivity index (χ1n) is 6.98. The van der Waals surface area contributed by atoms with Gasteiger partial charge in [-0.3, -0.25) is 0 Å². The van der Waals surface area contributed by atoms with Crippen LogP contribution in [-0.2, 0) is 6.42 Å². The molecule has 3 nitrogen and oxygen atoms in total. The van der Waals surface area contributed by atoms with Crippen LogP contribution in [0.5, 0.6) is 0 Å². The van der Waals surface area contributed by atoms with E-state index in [4.69, 9.17) is 5.10 Å². The van der Waals surface area contributed by atoms with Crippen LogP contribution in [0.2, 0.25) is 0 Å². The van der Waals surface area contributed by atoms with Crippen molar-refractivity contribution >= 4 is 15.9 Å². The van der Waals surface area contributed by atoms with Crippen molar-refractivity contribution in [1.82, 2.24) is 15.1 Å². The van der Waals surface area contributed by atoms with Gasteiger partial charge in [0, 0.05) is 10.2 Å². The standard InChI is InChI=1S/C16H22BrN3/c1-11(10-18-4)8-16-12(2)19-20(13(16)3)15-7-5-6-14(17)9-15/h5-7,9,11,18H,8,10H2,1-4H3. The third-order valence-corrected chi connectivity index (χ3v) is 4.09. The van der Waals surface area contributed by atoms with Crippen LogP contribution in [0.25, 0.3) is 5.69 Å². The lowest BCUT2D eigenvalue weighted by molar-refractivity contribution is 0.539. The third-order valence-electron chi connectivity index (χ3n) is 3.60. The maximum absolute atomic E-state index is 4.71. The summed E-state index contributed by atoms with van der Waals surface area (Å²) in [5, 5.41) is 7.95. The minimum Gasteiger partial charge on any atom is -0.319 e. The van der Waals surface area contributed by atoms with Crippen LogP contribution in [-0.4, -0.2) is 23.4 Å². The molecule has 1 aromatic carbocycles. The van der Waals surface area contributed by atoms with Gasteiger partial charge in [-0.2, -0.15) is 5.10 Å². The Hall–Kier alpha value is -1.13. The molecule has 1 N–H and O–H groups in total. The molecule has 0 amide bonds. The molecule has 0 fully saturated rings. The minimum atomic E-state index is 0.609. The van der Waals surface area contributed by atoms with Crippen molar-refractivity contribution in [2.45, 2.75) is 27.2 Å². The van der Waals surface area contributed by atoms with E-state index in [1.165, 1.54) is 11.3 Å². The van der Waals surface area contributed by atoms with E-state index in [0.29, 0.717) is 5.92 Å². The average molecular weight is 336 g/mol. The first-order chi connectivity index (χ1) is 9.52. The predicted molar refractivity (Wildman–Crippen MR) is 87.5 cm³/mol. The Bertz CT molecular complexity index is 589. The van der Waals surface area contributed by atoms with Crippen LogP contribution in [0, 0.1) is 19.8 Å². The molecular formula is C16H22BrN3. The van der Waals surface area contributed by atoms with Gasteiger partial charge in [0.25, 0.3) is 0 Å². The van der Waals surface area contributed by atoms with Crippen molar-refractivity contribution in [1.29, 1.82) is 0 Å². The van der Waals surface area contributed by atoms with Crippen LogP contribution >= 0.6 is 15.9 Å². The van der Waals surface area contributed by atoms with E-state index in [9.17, 15) is 0 Å². The van der Waals surface area contributed by atoms with Crippen molar-refractivity contribution in [2.24, 2.45) is 5.92 Å². The highest BCUT2D eigenvalue weighted by Crippen LogP contribution is 2.22. The molecule has 20 heavy (non-hydrogen) atoms. The van der Waals surface area contributed by atoms with Gasteiger partial charge in [0.15, 0.2) is 0 Å². The number of nitrogens with one attached hydrogen (secondary N) is 1. The summed E-state index contributed by atoms with van der Waals surface area (Å²) in [6.07, 6.45) is 1.06. The quantitative estimate of drug-likeness (QED) is 0.903. The molecule has 0 spiro atoms. The molecule has 2 rings (SSSR count). The molecule has 0 saturated heterocycles. The van der Waals surface area contributed by atoms with Gasteiger partial charge in [-0.15, -0.1) is 0 Å². The summed E-state index contributed by atoms with van der Waals surface area (Å²) >= 11 is 3.52. The van der Waals surface area contributed by atoms with E-state index in [1.807, 2.05) is 23.9 Å². The van der Waals surface area contributed by atoms with Gasteiger partial charge in [0.1, 0.15) is 0 Å². The number of rotatable bonds is 5. The molecule has 0 aliphatic rings. The van der Waals surface area contributed by atoms with E-state index in [2.05, 4.69) is 54.2 Å². The summed E-state index contributed by atoms with van der Waals surface area (Å²) in [6, 6.07) is 8.26. The van der Waals surface area contributed by atoms with Gasteiger partial charge in [-0.25, -0.2) is 4.68 Å². The highest BCUT2D eigenvalue weighted by atomic mass is 79.9. The van der Waals surface area contributed by atoms with Gasteiger partial charge in [0.2, 0.25) is 0 Å². The topological polar surface area (TPSA) is 29.9 Å². The fourth-order valence-electron chi connectivity index (χ4n) is 2.60. The van der Waals surface area contributed by atoms with Crippen molar-refractivity contribution in [2.75, 3.05) is 13.6 Å². The second kappa shape index (κ2) is 6.55. The van der Waals surface area contributed by atoms with Gasteiger partial charge >= 0.3 is 0 Å². The zero-order chi connectivity index (χ0) is 14.7. The maximum atomic E-state index is 4.71. The van der Waals surface area contributed by atoms with Gasteiger partial charge in [-0.1, -0.05) is 28.9 Å². The Morgan fingerprint density at radius 1 is 1.35 bits per heavy atom. The smallest absolute Gasteiger partial charge is 0.0660 e. The third kappa shape index (κ3) is 3.30. The van der Waals surface area contributed by atoms with Crippen molar-refractivity contribution in [3.05, 3.63) is 45.7 Å². The van der Waals surface area contributed by atoms with Gasteiger partial charge in [0.05, 0.1) is 11.4 Å². The van der Waals surface area contributed by atoms with Crippen LogP contribution in [0.1, 0.15) is 23.9 Å². The van der Waals surface area contributed by atoms with Crippen LogP contribution in [0.3, 0.4) is 0 Å². The van der Waals surface area contributed by atoms with Gasteiger partial charge < -0.3 is 5.32 Å². The largest absolute Gasteiger partial charge is 0.319 e. The Labute approximate surface area is 129 Å². The summed E-state index contributed by atoms with van der Waals surface area (Å²) < 4.78 is 3.12. The molecule has 108 valence electrons. The van der Waals surface area contributed by atoms with E-state index < -0.39 is 0 Å². The number of aromatic nitrogens is 2. The number of hydrogen-bond donors (Lipinski definition) is 1. The summed E-state index contributed by atoms with van der Waals surface area (Å²) in [7, 11) is 2.00. The Kier molecular flexibility index (Phi) is 5.00. The molecule has 2 aromatic rings. The lowest BCUT2D eigenvalue weighted by atomic mass is 9.99. The van der Waals surface area contributed by atoms with Crippen LogP contribution in [0.15, 0.2) is 28.7 Å². The molecule has 1 heterocycles. The molecule has 0 aliphatic carbocycles. The summed E-state index contributed by atoms with van der Waals surface area (Å²) in [5.41, 5.74) is 4.84. The van der Waals surface area contributed by atoms with Crippen molar-refractivity contribution in [3.8, 4) is 5.69 Å². The van der Waals surface area contributed by atoms with E-state index in [1.54, 1.807) is 0 Å². The van der Waals surface area contributed by atoms with Crippen LogP contribution < -0.4 is 5.32 Å². The molecule has 1 aromatic heterocycles. The van der Waals surface area contributed by atoms with E-state index in [-0.39, 0.29) is 0 Å². The average Bonchev–Trinajstić information content (AvgIpc) is 2.67. The molecule has 0 bridgehead atoms. The van der Waals surface area contributed by atoms with E-state index in [0.717, 1.165) is 28.8 Å². The zero-order valence-corrected chi connectivity index (χ0v) is 14.2. The molecule has 0 aliphatic heterocycles. The number of nitrogens with zero attached hydrogens (tertiary/aromatic N) is 2. The summed E-state index contributed by atoms with van der Waals surface area (Å²) in [5.74, 6) is 0.609. The number of hydrogen-bond acceptors (Lipinski definition) is 2. The normalized spacial score (nSPS) is 12.7. The molecular weight excluding hydrogens is 314 g/mol. The Morgan fingerprint density at radius 3 is 2.75 bits per heavy atom. The highest BCUT2D eigenvalue weighted by molar-refractivity contribution is 9.10. The molecule has 0 radical (unpaired) electrons. The minimum absolute atomic E-state index is 0.609. The van der Waals surface area contributed by atoms with E-state index >= 15 is 0 Å². The molecule has 4 heteroatoms. The van der Waals surface area contributed by atoms with Crippen molar-refractivity contribution in [3.63, 3.8) is 0 Å². The second-order valence-corrected chi connectivity index (χ2v) is 6.32. The first kappa shape index (κ1) is 15.3. The maximum Gasteiger partial charge on any atom is 0.0660 e. The highest BCUT2D eigenvalue weighted by Gasteiger charge is 2.15. The lowest BCUT2D eigenvalue weighted by Gasteiger charge is -2.11. The fraction of sp³-hybridized carbons (Fsp3) is 0.438. The molecule has 1 unspecified atom stereocenters.